The first-order valence-corrected chi connectivity index (χ1v) is 14.5. The summed E-state index contributed by atoms with van der Waals surface area (Å²) in [4.78, 5) is 14.2. The van der Waals surface area contributed by atoms with Gasteiger partial charge in [-0.25, -0.2) is 13.2 Å². The first-order chi connectivity index (χ1) is 18.9. The zero-order valence-electron chi connectivity index (χ0n) is 23.4. The van der Waals surface area contributed by atoms with Crippen molar-refractivity contribution < 1.29 is 27.2 Å². The predicted octanol–water partition coefficient (Wildman–Crippen LogP) is 5.00. The highest BCUT2D eigenvalue weighted by molar-refractivity contribution is 7.92. The van der Waals surface area contributed by atoms with Gasteiger partial charge in [-0.05, 0) is 69.0 Å². The minimum absolute atomic E-state index is 0.0349. The van der Waals surface area contributed by atoms with Crippen molar-refractivity contribution in [2.75, 3.05) is 11.8 Å². The average Bonchev–Trinajstić information content (AvgIpc) is 3.58. The fourth-order valence-corrected chi connectivity index (χ4v) is 6.04. The molecule has 1 amide bonds. The van der Waals surface area contributed by atoms with E-state index in [1.54, 1.807) is 23.2 Å². The summed E-state index contributed by atoms with van der Waals surface area (Å²) in [5, 5.41) is 9.12. The van der Waals surface area contributed by atoms with Gasteiger partial charge in [0.05, 0.1) is 44.0 Å². The van der Waals surface area contributed by atoms with Crippen LogP contribution in [0.15, 0.2) is 45.9 Å². The van der Waals surface area contributed by atoms with Gasteiger partial charge < -0.3 is 14.0 Å². The number of carbonyl (C=O) groups is 1. The van der Waals surface area contributed by atoms with Crippen molar-refractivity contribution in [3.05, 3.63) is 64.5 Å². The number of hydrogen-bond donors (Lipinski definition) is 1. The van der Waals surface area contributed by atoms with Gasteiger partial charge in [-0.3, -0.25) is 14.3 Å². The number of nitrogens with one attached hydrogen (secondary N) is 1. The summed E-state index contributed by atoms with van der Waals surface area (Å²) >= 11 is 0. The molecule has 2 aromatic carbocycles. The van der Waals surface area contributed by atoms with Crippen LogP contribution in [0.3, 0.4) is 0 Å². The molecule has 3 heterocycles. The molecular weight excluding hydrogens is 534 g/mol. The van der Waals surface area contributed by atoms with Gasteiger partial charge in [0.25, 0.3) is 10.0 Å². The van der Waals surface area contributed by atoms with Gasteiger partial charge in [-0.2, -0.15) is 5.10 Å². The molecule has 0 aliphatic carbocycles. The molecule has 1 aliphatic rings. The van der Waals surface area contributed by atoms with E-state index >= 15 is 0 Å². The van der Waals surface area contributed by atoms with Crippen LogP contribution in [0.1, 0.15) is 55.6 Å². The predicted molar refractivity (Wildman–Crippen MR) is 149 cm³/mol. The van der Waals surface area contributed by atoms with Crippen LogP contribution >= 0.6 is 0 Å². The Bertz CT molecular complexity index is 1700. The summed E-state index contributed by atoms with van der Waals surface area (Å²) in [6, 6.07) is 8.84. The molecule has 0 saturated heterocycles. The Hall–Kier alpha value is -4.06. The molecule has 40 heavy (non-hydrogen) atoms. The Kier molecular flexibility index (Phi) is 6.99. The molecule has 12 heteroatoms. The van der Waals surface area contributed by atoms with Crippen LogP contribution in [0.2, 0.25) is 0 Å². The van der Waals surface area contributed by atoms with Crippen LogP contribution in [0.25, 0.3) is 11.0 Å². The Morgan fingerprint density at radius 1 is 1.15 bits per heavy atom. The monoisotopic (exact) mass is 567 g/mol. The molecule has 0 radical (unpaired) electrons. The number of aromatic nitrogens is 3. The van der Waals surface area contributed by atoms with Crippen molar-refractivity contribution in [1.29, 1.82) is 0 Å². The smallest absolute Gasteiger partial charge is 0.410 e. The standard InChI is InChI=1S/C28H33N5O6S/c1-7-18-8-9-22(37-6)24(12-18)40(35,36)31-26-25-17(2)10-19(11-23(25)39-30-26)14-33-21-16-32(15-20(21)13-29-33)27(34)38-28(3,4)5/h8-13H,7,14-16H2,1-6H3,(H,30,31). The number of aryl methyl sites for hydroxylation is 2. The van der Waals surface area contributed by atoms with Gasteiger partial charge in [0.1, 0.15) is 16.2 Å². The molecule has 5 rings (SSSR count). The molecule has 1 N–H and O–H groups in total. The summed E-state index contributed by atoms with van der Waals surface area (Å²) in [7, 11) is -2.57. The molecule has 1 aliphatic heterocycles. The number of fused-ring (bicyclic) bond motifs is 2. The number of benzene rings is 2. The van der Waals surface area contributed by atoms with E-state index in [4.69, 9.17) is 14.0 Å². The number of methoxy groups -OCH3 is 1. The number of hydrogen-bond acceptors (Lipinski definition) is 8. The summed E-state index contributed by atoms with van der Waals surface area (Å²) < 4.78 is 47.4. The van der Waals surface area contributed by atoms with Crippen molar-refractivity contribution >= 4 is 32.9 Å². The largest absolute Gasteiger partial charge is 0.495 e. The summed E-state index contributed by atoms with van der Waals surface area (Å²) in [5.41, 5.74) is 4.35. The van der Waals surface area contributed by atoms with E-state index in [1.165, 1.54) is 7.11 Å². The minimum Gasteiger partial charge on any atom is -0.495 e. The normalized spacial score (nSPS) is 13.5. The zero-order chi connectivity index (χ0) is 28.8. The van der Waals surface area contributed by atoms with Crippen LogP contribution in [-0.4, -0.2) is 47.1 Å². The number of rotatable bonds is 7. The number of ether oxygens (including phenoxy) is 2. The number of sulfonamides is 1. The maximum absolute atomic E-state index is 13.3. The maximum atomic E-state index is 13.3. The third kappa shape index (κ3) is 5.35. The molecule has 2 aromatic heterocycles. The SMILES string of the molecule is CCc1ccc(OC)c(S(=O)(=O)Nc2noc3cc(Cn4ncc5c4CN(C(=O)OC(C)(C)C)C5)cc(C)c23)c1. The molecular formula is C28H33N5O6S. The lowest BCUT2D eigenvalue weighted by Gasteiger charge is -2.24. The second-order valence-electron chi connectivity index (χ2n) is 10.9. The van der Waals surface area contributed by atoms with Crippen LogP contribution in [0.4, 0.5) is 10.6 Å². The lowest BCUT2D eigenvalue weighted by molar-refractivity contribution is 0.0238. The second kappa shape index (κ2) is 10.2. The molecule has 0 unspecified atom stereocenters. The van der Waals surface area contributed by atoms with Crippen molar-refractivity contribution in [3.8, 4) is 5.75 Å². The van der Waals surface area contributed by atoms with Crippen LogP contribution in [-0.2, 0) is 40.8 Å². The van der Waals surface area contributed by atoms with Crippen molar-refractivity contribution in [2.24, 2.45) is 0 Å². The fraction of sp³-hybridized carbons (Fsp3) is 0.393. The molecule has 0 bridgehead atoms. The third-order valence-corrected chi connectivity index (χ3v) is 8.07. The highest BCUT2D eigenvalue weighted by atomic mass is 32.2. The van der Waals surface area contributed by atoms with Crippen LogP contribution in [0.5, 0.6) is 5.75 Å². The maximum Gasteiger partial charge on any atom is 0.410 e. The number of nitrogens with zero attached hydrogens (tertiary/aromatic N) is 4. The molecule has 0 spiro atoms. The van der Waals surface area contributed by atoms with Crippen molar-refractivity contribution in [3.63, 3.8) is 0 Å². The van der Waals surface area contributed by atoms with Crippen LogP contribution < -0.4 is 9.46 Å². The molecule has 11 nitrogen and oxygen atoms in total. The van der Waals surface area contributed by atoms with Gasteiger partial charge in [0.2, 0.25) is 0 Å². The Morgan fingerprint density at radius 2 is 1.93 bits per heavy atom. The van der Waals surface area contributed by atoms with E-state index in [1.807, 2.05) is 57.5 Å². The van der Waals surface area contributed by atoms with Crippen molar-refractivity contribution in [1.82, 2.24) is 19.8 Å². The van der Waals surface area contributed by atoms with Gasteiger partial charge >= 0.3 is 6.09 Å². The van der Waals surface area contributed by atoms with Gasteiger partial charge in [-0.15, -0.1) is 0 Å². The summed E-state index contributed by atoms with van der Waals surface area (Å²) in [6.45, 7) is 10.6. The van der Waals surface area contributed by atoms with E-state index in [2.05, 4.69) is 15.0 Å². The van der Waals surface area contributed by atoms with Gasteiger partial charge in [0, 0.05) is 5.56 Å². The number of carbonyl (C=O) groups excluding carboxylic acids is 1. The third-order valence-electron chi connectivity index (χ3n) is 6.71. The topological polar surface area (TPSA) is 129 Å². The highest BCUT2D eigenvalue weighted by Gasteiger charge is 2.31. The quantitative estimate of drug-likeness (QED) is 0.330. The zero-order valence-corrected chi connectivity index (χ0v) is 24.3. The Balaban J connectivity index is 1.38. The second-order valence-corrected chi connectivity index (χ2v) is 12.5. The highest BCUT2D eigenvalue weighted by Crippen LogP contribution is 2.33. The number of amides is 1. The molecule has 4 aromatic rings. The first-order valence-electron chi connectivity index (χ1n) is 13.0. The van der Waals surface area contributed by atoms with Gasteiger partial charge in [-0.1, -0.05) is 24.2 Å². The molecule has 0 fully saturated rings. The van der Waals surface area contributed by atoms with E-state index in [0.717, 1.165) is 27.9 Å². The molecule has 0 saturated carbocycles. The number of anilines is 1. The van der Waals surface area contributed by atoms with Crippen molar-refractivity contribution in [2.45, 2.75) is 71.2 Å². The van der Waals surface area contributed by atoms with E-state index in [0.29, 0.717) is 37.0 Å². The minimum atomic E-state index is -4.00. The van der Waals surface area contributed by atoms with E-state index in [-0.39, 0.29) is 22.6 Å². The summed E-state index contributed by atoms with van der Waals surface area (Å²) in [6.07, 6.45) is 2.09. The van der Waals surface area contributed by atoms with E-state index in [9.17, 15) is 13.2 Å². The molecule has 0 atom stereocenters. The lowest BCUT2D eigenvalue weighted by atomic mass is 10.1. The van der Waals surface area contributed by atoms with E-state index < -0.39 is 15.6 Å². The lowest BCUT2D eigenvalue weighted by Crippen LogP contribution is -2.33. The Morgan fingerprint density at radius 3 is 2.62 bits per heavy atom. The molecule has 212 valence electrons. The van der Waals surface area contributed by atoms with Gasteiger partial charge in [0.15, 0.2) is 11.4 Å². The Labute approximate surface area is 233 Å². The fourth-order valence-electron chi connectivity index (χ4n) is 4.81. The summed E-state index contributed by atoms with van der Waals surface area (Å²) in [5.74, 6) is 0.351. The van der Waals surface area contributed by atoms with Crippen LogP contribution in [0, 0.1) is 6.92 Å². The first kappa shape index (κ1) is 27.5. The average molecular weight is 568 g/mol.